The molecule has 0 heterocycles. The first-order valence-corrected chi connectivity index (χ1v) is 8.44. The van der Waals surface area contributed by atoms with Gasteiger partial charge in [0.05, 0.1) is 0 Å². The molecule has 0 bridgehead atoms. The summed E-state index contributed by atoms with van der Waals surface area (Å²) in [5.41, 5.74) is 3.81. The van der Waals surface area contributed by atoms with Gasteiger partial charge in [-0.15, -0.1) is 0 Å². The van der Waals surface area contributed by atoms with Crippen molar-refractivity contribution in [2.45, 2.75) is 25.4 Å². The van der Waals surface area contributed by atoms with Crippen molar-refractivity contribution in [1.82, 2.24) is 0 Å². The molecule has 1 aliphatic rings. The maximum absolute atomic E-state index is 13.9. The molecule has 1 unspecified atom stereocenters. The molecule has 1 nitrogen and oxygen atoms in total. The van der Waals surface area contributed by atoms with E-state index in [4.69, 9.17) is 0 Å². The summed E-state index contributed by atoms with van der Waals surface area (Å²) in [4.78, 5) is 2.25. The van der Waals surface area contributed by atoms with Crippen molar-refractivity contribution in [2.24, 2.45) is 0 Å². The van der Waals surface area contributed by atoms with Crippen LogP contribution in [0.5, 0.6) is 0 Å². The van der Waals surface area contributed by atoms with Crippen molar-refractivity contribution in [3.8, 4) is 0 Å². The molecular weight excluding hydrogens is 297 g/mol. The van der Waals surface area contributed by atoms with Crippen LogP contribution in [-0.4, -0.2) is 19.3 Å². The molecule has 0 spiro atoms. The van der Waals surface area contributed by atoms with Crippen molar-refractivity contribution in [3.05, 3.63) is 89.5 Å². The summed E-state index contributed by atoms with van der Waals surface area (Å²) < 4.78 is 13.9. The van der Waals surface area contributed by atoms with Crippen LogP contribution in [-0.2, 0) is 6.42 Å². The van der Waals surface area contributed by atoms with Crippen LogP contribution in [0, 0.1) is 0 Å². The molecule has 0 fully saturated rings. The molecule has 0 radical (unpaired) electrons. The molecule has 0 aliphatic heterocycles. The van der Waals surface area contributed by atoms with E-state index in [1.54, 1.807) is 13.0 Å². The molecule has 2 heteroatoms. The Bertz CT molecular complexity index is 744. The second-order valence-corrected chi connectivity index (χ2v) is 6.74. The van der Waals surface area contributed by atoms with Gasteiger partial charge in [-0.2, -0.15) is 0 Å². The van der Waals surface area contributed by atoms with Crippen molar-refractivity contribution in [3.63, 3.8) is 0 Å². The quantitative estimate of drug-likeness (QED) is 0.719. The lowest BCUT2D eigenvalue weighted by atomic mass is 9.95. The van der Waals surface area contributed by atoms with Gasteiger partial charge in [0, 0.05) is 25.7 Å². The minimum atomic E-state index is -1.20. The molecule has 0 amide bonds. The molecule has 0 saturated heterocycles. The normalized spacial score (nSPS) is 19.9. The van der Waals surface area contributed by atoms with Gasteiger partial charge >= 0.3 is 0 Å². The number of anilines is 1. The predicted molar refractivity (Wildman–Crippen MR) is 100 cm³/mol. The Balaban J connectivity index is 1.75. The van der Waals surface area contributed by atoms with Crippen molar-refractivity contribution in [2.75, 3.05) is 18.5 Å². The molecule has 0 aromatic heterocycles. The van der Waals surface area contributed by atoms with Crippen molar-refractivity contribution < 1.29 is 4.39 Å². The van der Waals surface area contributed by atoms with E-state index in [0.29, 0.717) is 6.42 Å². The summed E-state index contributed by atoms with van der Waals surface area (Å²) in [5, 5.41) is 0. The van der Waals surface area contributed by atoms with E-state index < -0.39 is 5.67 Å². The Morgan fingerprint density at radius 2 is 1.75 bits per heavy atom. The lowest BCUT2D eigenvalue weighted by Crippen LogP contribution is -2.23. The highest BCUT2D eigenvalue weighted by Gasteiger charge is 2.21. The summed E-state index contributed by atoms with van der Waals surface area (Å²) >= 11 is 0. The van der Waals surface area contributed by atoms with E-state index >= 15 is 0 Å². The lowest BCUT2D eigenvalue weighted by molar-refractivity contribution is 0.259. The molecule has 1 aliphatic carbocycles. The van der Waals surface area contributed by atoms with Crippen LogP contribution >= 0.6 is 0 Å². The smallest absolute Gasteiger partial charge is 0.130 e. The highest BCUT2D eigenvalue weighted by Crippen LogP contribution is 2.27. The van der Waals surface area contributed by atoms with Crippen LogP contribution in [0.15, 0.2) is 78.4 Å². The summed E-state index contributed by atoms with van der Waals surface area (Å²) in [6.07, 6.45) is 6.97. The van der Waals surface area contributed by atoms with E-state index in [1.807, 2.05) is 18.2 Å². The second kappa shape index (κ2) is 7.04. The minimum Gasteiger partial charge on any atom is -0.370 e. The zero-order valence-corrected chi connectivity index (χ0v) is 14.4. The largest absolute Gasteiger partial charge is 0.370 e. The van der Waals surface area contributed by atoms with Crippen LogP contribution in [0.4, 0.5) is 10.1 Å². The topological polar surface area (TPSA) is 3.24 Å². The molecule has 2 aromatic rings. The molecule has 0 N–H and O–H groups in total. The van der Waals surface area contributed by atoms with Crippen molar-refractivity contribution in [1.29, 1.82) is 0 Å². The zero-order valence-electron chi connectivity index (χ0n) is 14.4. The SMILES string of the molecule is CN(CC1=CCC(C)(F)C=C1)c1ccccc1Cc1ccccc1. The number of halogens is 1. The average Bonchev–Trinajstić information content (AvgIpc) is 2.58. The highest BCUT2D eigenvalue weighted by atomic mass is 19.1. The van der Waals surface area contributed by atoms with Crippen LogP contribution in [0.1, 0.15) is 24.5 Å². The number of likely N-dealkylation sites (N-methyl/N-ethyl adjacent to an activating group) is 1. The number of alkyl halides is 1. The number of hydrogen-bond acceptors (Lipinski definition) is 1. The first kappa shape index (κ1) is 16.5. The van der Waals surface area contributed by atoms with E-state index in [-0.39, 0.29) is 0 Å². The second-order valence-electron chi connectivity index (χ2n) is 6.74. The molecule has 2 aromatic carbocycles. The first-order chi connectivity index (χ1) is 11.5. The third-order valence-electron chi connectivity index (χ3n) is 4.47. The summed E-state index contributed by atoms with van der Waals surface area (Å²) in [6.45, 7) is 2.41. The number of hydrogen-bond donors (Lipinski definition) is 0. The maximum atomic E-state index is 13.9. The van der Waals surface area contributed by atoms with Gasteiger partial charge in [0.2, 0.25) is 0 Å². The van der Waals surface area contributed by atoms with E-state index in [9.17, 15) is 4.39 Å². The Morgan fingerprint density at radius 3 is 2.46 bits per heavy atom. The van der Waals surface area contributed by atoms with Crippen LogP contribution in [0.25, 0.3) is 0 Å². The fourth-order valence-electron chi connectivity index (χ4n) is 3.07. The number of allylic oxidation sites excluding steroid dienone is 2. The standard InChI is InChI=1S/C22H24FN/c1-22(23)14-12-19(13-15-22)17-24(2)21-11-7-6-10-20(21)16-18-8-4-3-5-9-18/h3-14H,15-17H2,1-2H3. The Labute approximate surface area is 144 Å². The minimum absolute atomic E-state index is 0.457. The van der Waals surface area contributed by atoms with Crippen LogP contribution < -0.4 is 4.90 Å². The highest BCUT2D eigenvalue weighted by molar-refractivity contribution is 5.56. The van der Waals surface area contributed by atoms with E-state index in [2.05, 4.69) is 60.5 Å². The predicted octanol–water partition coefficient (Wildman–Crippen LogP) is 5.33. The van der Waals surface area contributed by atoms with Crippen LogP contribution in [0.3, 0.4) is 0 Å². The van der Waals surface area contributed by atoms with Gasteiger partial charge in [0.15, 0.2) is 0 Å². The van der Waals surface area contributed by atoms with E-state index in [1.165, 1.54) is 22.4 Å². The monoisotopic (exact) mass is 321 g/mol. The molecule has 3 rings (SSSR count). The third-order valence-corrected chi connectivity index (χ3v) is 4.47. The Kier molecular flexibility index (Phi) is 4.84. The van der Waals surface area contributed by atoms with Gasteiger partial charge < -0.3 is 4.90 Å². The summed E-state index contributed by atoms with van der Waals surface area (Å²) in [6, 6.07) is 19.0. The van der Waals surface area contributed by atoms with Gasteiger partial charge in [0.1, 0.15) is 5.67 Å². The molecule has 0 saturated carbocycles. The molecule has 24 heavy (non-hydrogen) atoms. The van der Waals surface area contributed by atoms with Gasteiger partial charge in [-0.3, -0.25) is 0 Å². The van der Waals surface area contributed by atoms with Crippen molar-refractivity contribution >= 4 is 5.69 Å². The molecule has 1 atom stereocenters. The van der Waals surface area contributed by atoms with Crippen LogP contribution in [0.2, 0.25) is 0 Å². The molecular formula is C22H24FN. The average molecular weight is 321 g/mol. The third kappa shape index (κ3) is 4.14. The number of benzene rings is 2. The number of para-hydroxylation sites is 1. The Morgan fingerprint density at radius 1 is 1.04 bits per heavy atom. The van der Waals surface area contributed by atoms with Gasteiger partial charge in [0.25, 0.3) is 0 Å². The molecule has 124 valence electrons. The Hall–Kier alpha value is -2.35. The first-order valence-electron chi connectivity index (χ1n) is 8.44. The van der Waals surface area contributed by atoms with Gasteiger partial charge in [-0.25, -0.2) is 4.39 Å². The van der Waals surface area contributed by atoms with E-state index in [0.717, 1.165) is 13.0 Å². The summed E-state index contributed by atoms with van der Waals surface area (Å²) in [7, 11) is 2.10. The number of rotatable bonds is 5. The van der Waals surface area contributed by atoms with Gasteiger partial charge in [-0.05, 0) is 42.2 Å². The van der Waals surface area contributed by atoms with Gasteiger partial charge in [-0.1, -0.05) is 60.7 Å². The zero-order chi connectivity index (χ0) is 17.0. The maximum Gasteiger partial charge on any atom is 0.130 e. The lowest BCUT2D eigenvalue weighted by Gasteiger charge is -2.25. The fourth-order valence-corrected chi connectivity index (χ4v) is 3.07. The fraction of sp³-hybridized carbons (Fsp3) is 0.273. The summed E-state index contributed by atoms with van der Waals surface area (Å²) in [5.74, 6) is 0. The number of nitrogens with zero attached hydrogens (tertiary/aromatic N) is 1.